The summed E-state index contributed by atoms with van der Waals surface area (Å²) in [4.78, 5) is 11.6. The van der Waals surface area contributed by atoms with Crippen molar-refractivity contribution < 1.29 is 9.53 Å². The second-order valence-electron chi connectivity index (χ2n) is 2.54. The van der Waals surface area contributed by atoms with Gasteiger partial charge in [0.1, 0.15) is 9.33 Å². The highest BCUT2D eigenvalue weighted by Gasteiger charge is 2.14. The Kier molecular flexibility index (Phi) is 6.35. The lowest BCUT2D eigenvalue weighted by Gasteiger charge is -2.05. The zero-order valence-corrected chi connectivity index (χ0v) is 14.9. The molecule has 0 saturated heterocycles. The number of hydrogen-bond donors (Lipinski definition) is 0. The van der Waals surface area contributed by atoms with Gasteiger partial charge in [0.05, 0.1) is 7.51 Å². The van der Waals surface area contributed by atoms with Crippen molar-refractivity contribution in [2.75, 3.05) is 0 Å². The van der Waals surface area contributed by atoms with E-state index in [-0.39, 0.29) is 5.75 Å². The minimum absolute atomic E-state index is 0.287. The van der Waals surface area contributed by atoms with E-state index in [0.29, 0.717) is 16.1 Å². The van der Waals surface area contributed by atoms with Gasteiger partial charge in [-0.25, -0.2) is 4.79 Å². The van der Waals surface area contributed by atoms with E-state index in [0.717, 1.165) is 0 Å². The summed E-state index contributed by atoms with van der Waals surface area (Å²) in [6.45, 7) is 0. The number of carbonyl (C=O) groups excluding carboxylic acids is 1. The topological polar surface area (TPSA) is 26.3 Å². The van der Waals surface area contributed by atoms with Crippen molar-refractivity contribution in [2.24, 2.45) is 0 Å². The Hall–Kier alpha value is 0.950. The molecule has 0 N–H and O–H groups in total. The van der Waals surface area contributed by atoms with Crippen molar-refractivity contribution >= 4 is 90.3 Å². The van der Waals surface area contributed by atoms with E-state index in [2.05, 4.69) is 15.9 Å². The largest absolute Gasteiger partial charge is 0.421 e. The van der Waals surface area contributed by atoms with Crippen LogP contribution in [0.2, 0.25) is 10.0 Å². The van der Waals surface area contributed by atoms with Gasteiger partial charge in [-0.15, -0.1) is 0 Å². The molecule has 1 rings (SSSR count). The molecule has 86 valence electrons. The third-order valence-electron chi connectivity index (χ3n) is 1.44. The number of benzene rings is 1. The van der Waals surface area contributed by atoms with E-state index in [9.17, 15) is 4.79 Å². The first-order chi connectivity index (χ1) is 7.41. The Morgan fingerprint density at radius 1 is 1.31 bits per heavy atom. The van der Waals surface area contributed by atoms with Gasteiger partial charge < -0.3 is 4.74 Å². The first-order valence-corrected chi connectivity index (χ1v) is 7.50. The number of hydrogen-bond acceptors (Lipinski definition) is 2. The molecule has 0 fully saturated rings. The number of rotatable bonds is 2. The van der Waals surface area contributed by atoms with Crippen molar-refractivity contribution in [3.63, 3.8) is 0 Å². The van der Waals surface area contributed by atoms with E-state index in [1.807, 2.05) is 45.2 Å². The van der Waals surface area contributed by atoms with Gasteiger partial charge in [0.15, 0.2) is 0 Å². The third kappa shape index (κ3) is 4.32. The molecule has 0 aliphatic carbocycles. The predicted molar refractivity (Wildman–Crippen MR) is 86.1 cm³/mol. The Labute approximate surface area is 138 Å². The average molecular weight is 548 g/mol. The summed E-state index contributed by atoms with van der Waals surface area (Å²) >= 11 is 18.6. The highest BCUT2D eigenvalue weighted by atomic mass is 127. The Balaban J connectivity index is 2.90. The maximum atomic E-state index is 11.6. The van der Waals surface area contributed by atoms with Crippen molar-refractivity contribution in [3.8, 4) is 5.75 Å². The second kappa shape index (κ2) is 6.77. The Morgan fingerprint density at radius 2 is 1.94 bits per heavy atom. The summed E-state index contributed by atoms with van der Waals surface area (Å²) in [5, 5.41) is 0.791. The molecule has 0 unspecified atom stereocenters. The highest BCUT2D eigenvalue weighted by molar-refractivity contribution is 14.1. The van der Waals surface area contributed by atoms with Gasteiger partial charge in [-0.05, 0) is 79.3 Å². The summed E-state index contributed by atoms with van der Waals surface area (Å²) < 4.78 is 6.22. The van der Waals surface area contributed by atoms with Crippen LogP contribution < -0.4 is 4.74 Å². The highest BCUT2D eigenvalue weighted by Crippen LogP contribution is 2.30. The molecule has 0 aliphatic rings. The van der Waals surface area contributed by atoms with E-state index in [1.165, 1.54) is 6.07 Å². The minimum atomic E-state index is -0.467. The molecule has 0 spiro atoms. The van der Waals surface area contributed by atoms with Gasteiger partial charge in [0, 0.05) is 5.02 Å². The van der Waals surface area contributed by atoms with Crippen LogP contribution in [0.1, 0.15) is 0 Å². The fourth-order valence-electron chi connectivity index (χ4n) is 0.780. The van der Waals surface area contributed by atoms with Gasteiger partial charge in [-0.1, -0.05) is 23.2 Å². The molecule has 0 saturated carbocycles. The summed E-state index contributed by atoms with van der Waals surface area (Å²) in [6, 6.07) is 4.67. The predicted octanol–water partition coefficient (Wildman–Crippen LogP) is 5.33. The number of carbonyl (C=O) groups is 1. The maximum absolute atomic E-state index is 11.6. The lowest BCUT2D eigenvalue weighted by atomic mass is 10.3. The number of halogens is 5. The van der Waals surface area contributed by atoms with Crippen LogP contribution in [0.25, 0.3) is 0 Å². The zero-order valence-electron chi connectivity index (χ0n) is 7.44. The molecule has 0 aliphatic heterocycles. The second-order valence-corrected chi connectivity index (χ2v) is 7.82. The number of esters is 1. The molecular weight excluding hydrogens is 545 g/mol. The molecule has 0 aromatic heterocycles. The lowest BCUT2D eigenvalue weighted by molar-refractivity contribution is -0.129. The summed E-state index contributed by atoms with van der Waals surface area (Å²) in [5.74, 6) is -0.179. The summed E-state index contributed by atoms with van der Waals surface area (Å²) in [5.41, 5.74) is 0. The molecule has 0 radical (unpaired) electrons. The molecule has 2 nitrogen and oxygen atoms in total. The van der Waals surface area contributed by atoms with Crippen LogP contribution in [0.15, 0.2) is 24.3 Å². The van der Waals surface area contributed by atoms with Crippen LogP contribution in [-0.4, -0.2) is 5.97 Å². The lowest BCUT2D eigenvalue weighted by Crippen LogP contribution is -2.08. The Bertz CT molecular complexity index is 459. The van der Waals surface area contributed by atoms with E-state index in [4.69, 9.17) is 27.9 Å². The normalized spacial score (nSPS) is 12.1. The molecule has 16 heavy (non-hydrogen) atoms. The SMILES string of the molecule is O=C(Oc1ccc(Cl)cc1Cl)/C(I)=C(/Br)I. The number of ether oxygens (including phenoxy) is 1. The Morgan fingerprint density at radius 3 is 2.44 bits per heavy atom. The van der Waals surface area contributed by atoms with Crippen LogP contribution in [0.5, 0.6) is 5.75 Å². The van der Waals surface area contributed by atoms with E-state index >= 15 is 0 Å². The first-order valence-electron chi connectivity index (χ1n) is 3.80. The molecule has 0 amide bonds. The van der Waals surface area contributed by atoms with Crippen molar-refractivity contribution in [2.45, 2.75) is 0 Å². The van der Waals surface area contributed by atoms with Crippen molar-refractivity contribution in [3.05, 3.63) is 34.3 Å². The maximum Gasteiger partial charge on any atom is 0.351 e. The zero-order chi connectivity index (χ0) is 12.3. The minimum Gasteiger partial charge on any atom is -0.421 e. The molecule has 7 heteroatoms. The summed E-state index contributed by atoms with van der Waals surface area (Å²) in [6.07, 6.45) is 0. The van der Waals surface area contributed by atoms with Crippen LogP contribution in [0, 0.1) is 0 Å². The van der Waals surface area contributed by atoms with Crippen molar-refractivity contribution in [1.82, 2.24) is 0 Å². The molecular formula is C9H3BrCl2I2O2. The monoisotopic (exact) mass is 546 g/mol. The molecule has 1 aromatic carbocycles. The quantitative estimate of drug-likeness (QED) is 0.217. The smallest absolute Gasteiger partial charge is 0.351 e. The molecule has 0 atom stereocenters. The van der Waals surface area contributed by atoms with E-state index in [1.54, 1.807) is 12.1 Å². The van der Waals surface area contributed by atoms with Crippen LogP contribution >= 0.6 is 84.3 Å². The van der Waals surface area contributed by atoms with Crippen LogP contribution in [-0.2, 0) is 4.79 Å². The van der Waals surface area contributed by atoms with Gasteiger partial charge in [-0.2, -0.15) is 0 Å². The van der Waals surface area contributed by atoms with Gasteiger partial charge >= 0.3 is 5.97 Å². The van der Waals surface area contributed by atoms with Crippen molar-refractivity contribution in [1.29, 1.82) is 0 Å². The molecule has 1 aromatic rings. The summed E-state index contributed by atoms with van der Waals surface area (Å²) in [7, 11) is 0. The van der Waals surface area contributed by atoms with E-state index < -0.39 is 5.97 Å². The average Bonchev–Trinajstić information content (AvgIpc) is 2.20. The standard InChI is InChI=1S/C9H3BrCl2I2O2/c10-8(14)7(13)9(15)16-6-2-1-4(11)3-5(6)12/h1-3H/b8-7+. The fourth-order valence-corrected chi connectivity index (χ4v) is 1.72. The van der Waals surface area contributed by atoms with Gasteiger partial charge in [-0.3, -0.25) is 0 Å². The first kappa shape index (κ1) is 15.0. The van der Waals surface area contributed by atoms with Crippen LogP contribution in [0.3, 0.4) is 0 Å². The molecule has 0 bridgehead atoms. The molecule has 0 heterocycles. The van der Waals surface area contributed by atoms with Crippen LogP contribution in [0.4, 0.5) is 0 Å². The third-order valence-corrected chi connectivity index (χ3v) is 5.66. The van der Waals surface area contributed by atoms with Gasteiger partial charge in [0.2, 0.25) is 0 Å². The van der Waals surface area contributed by atoms with Gasteiger partial charge in [0.25, 0.3) is 0 Å². The fraction of sp³-hybridized carbons (Fsp3) is 0.